The summed E-state index contributed by atoms with van der Waals surface area (Å²) in [6.07, 6.45) is 4.88. The number of piperidine rings is 1. The van der Waals surface area contributed by atoms with Gasteiger partial charge in [0.05, 0.1) is 11.9 Å². The van der Waals surface area contributed by atoms with Crippen molar-refractivity contribution in [2.75, 3.05) is 30.2 Å². The number of anilines is 1. The Morgan fingerprint density at radius 3 is 2.30 bits per heavy atom. The van der Waals surface area contributed by atoms with E-state index < -0.39 is 10.0 Å². The Morgan fingerprint density at radius 1 is 1.03 bits per heavy atom. The molecule has 1 fully saturated rings. The van der Waals surface area contributed by atoms with Crippen LogP contribution in [0.3, 0.4) is 0 Å². The largest absolute Gasteiger partial charge is 0.350 e. The molecular formula is C22H28IN3O3S. The van der Waals surface area contributed by atoms with Crippen molar-refractivity contribution in [2.24, 2.45) is 0 Å². The van der Waals surface area contributed by atoms with Gasteiger partial charge in [0.2, 0.25) is 15.9 Å². The highest BCUT2D eigenvalue weighted by molar-refractivity contribution is 14.1. The van der Waals surface area contributed by atoms with Gasteiger partial charge in [0.25, 0.3) is 0 Å². The van der Waals surface area contributed by atoms with Gasteiger partial charge in [-0.2, -0.15) is 0 Å². The number of likely N-dealkylation sites (tertiary alicyclic amines) is 1. The van der Waals surface area contributed by atoms with Crippen molar-refractivity contribution in [3.05, 3.63) is 63.2 Å². The smallest absolute Gasteiger partial charge is 0.241 e. The molecule has 1 aliphatic rings. The second kappa shape index (κ2) is 10.6. The molecule has 30 heavy (non-hydrogen) atoms. The molecule has 0 spiro atoms. The molecule has 1 aliphatic heterocycles. The van der Waals surface area contributed by atoms with E-state index in [-0.39, 0.29) is 12.5 Å². The van der Waals surface area contributed by atoms with Crippen LogP contribution >= 0.6 is 22.6 Å². The van der Waals surface area contributed by atoms with E-state index in [1.54, 1.807) is 12.1 Å². The van der Waals surface area contributed by atoms with Gasteiger partial charge >= 0.3 is 0 Å². The molecule has 1 N–H and O–H groups in total. The monoisotopic (exact) mass is 541 g/mol. The summed E-state index contributed by atoms with van der Waals surface area (Å²) in [7, 11) is -3.57. The summed E-state index contributed by atoms with van der Waals surface area (Å²) in [4.78, 5) is 15.0. The highest BCUT2D eigenvalue weighted by Gasteiger charge is 2.21. The van der Waals surface area contributed by atoms with Gasteiger partial charge in [0.1, 0.15) is 6.54 Å². The third kappa shape index (κ3) is 6.68. The fourth-order valence-corrected chi connectivity index (χ4v) is 4.85. The van der Waals surface area contributed by atoms with Crippen LogP contribution in [0.15, 0.2) is 48.5 Å². The summed E-state index contributed by atoms with van der Waals surface area (Å²) in [6, 6.07) is 15.2. The topological polar surface area (TPSA) is 69.7 Å². The molecule has 3 rings (SSSR count). The standard InChI is InChI=1S/C22H28IN3O3S/c1-30(28,29)26(21-11-9-20(23)10-12-21)17-22(27)24-15-18-7-3-4-8-19(18)16-25-13-5-2-6-14-25/h3-4,7-12H,2,5-6,13-17H2,1H3,(H,24,27). The maximum absolute atomic E-state index is 12.6. The maximum atomic E-state index is 12.6. The van der Waals surface area contributed by atoms with E-state index in [0.717, 1.165) is 39.3 Å². The number of carbonyl (C=O) groups is 1. The Kier molecular flexibility index (Phi) is 8.13. The molecule has 162 valence electrons. The second-order valence-electron chi connectivity index (χ2n) is 7.63. The van der Waals surface area contributed by atoms with Crippen molar-refractivity contribution in [2.45, 2.75) is 32.4 Å². The summed E-state index contributed by atoms with van der Waals surface area (Å²) in [5.74, 6) is -0.327. The molecule has 1 heterocycles. The number of nitrogens with zero attached hydrogens (tertiary/aromatic N) is 2. The summed E-state index contributed by atoms with van der Waals surface area (Å²) in [5, 5.41) is 2.90. The van der Waals surface area contributed by atoms with Crippen LogP contribution in [-0.4, -0.2) is 45.1 Å². The van der Waals surface area contributed by atoms with Crippen molar-refractivity contribution in [3.8, 4) is 0 Å². The first-order chi connectivity index (χ1) is 14.3. The number of nitrogens with one attached hydrogen (secondary N) is 1. The van der Waals surface area contributed by atoms with E-state index in [1.807, 2.05) is 30.3 Å². The van der Waals surface area contributed by atoms with E-state index in [1.165, 1.54) is 24.8 Å². The number of benzene rings is 2. The van der Waals surface area contributed by atoms with Gasteiger partial charge in [-0.15, -0.1) is 0 Å². The lowest BCUT2D eigenvalue weighted by atomic mass is 10.0. The molecular weight excluding hydrogens is 513 g/mol. The van der Waals surface area contributed by atoms with E-state index in [9.17, 15) is 13.2 Å². The van der Waals surface area contributed by atoms with E-state index in [4.69, 9.17) is 0 Å². The van der Waals surface area contributed by atoms with Crippen molar-refractivity contribution >= 4 is 44.2 Å². The first-order valence-corrected chi connectivity index (χ1v) is 13.0. The zero-order valence-electron chi connectivity index (χ0n) is 17.2. The number of carbonyl (C=O) groups excluding carboxylic acids is 1. The highest BCUT2D eigenvalue weighted by Crippen LogP contribution is 2.19. The first-order valence-electron chi connectivity index (χ1n) is 10.1. The minimum atomic E-state index is -3.57. The van der Waals surface area contributed by atoms with Gasteiger partial charge in [-0.1, -0.05) is 30.7 Å². The van der Waals surface area contributed by atoms with Crippen molar-refractivity contribution in [1.29, 1.82) is 0 Å². The lowest BCUT2D eigenvalue weighted by Crippen LogP contribution is -2.40. The van der Waals surface area contributed by atoms with Crippen LogP contribution in [0.5, 0.6) is 0 Å². The van der Waals surface area contributed by atoms with Crippen LogP contribution in [0.1, 0.15) is 30.4 Å². The number of amides is 1. The van der Waals surface area contributed by atoms with Crippen LogP contribution in [-0.2, 0) is 27.9 Å². The van der Waals surface area contributed by atoms with Crippen molar-refractivity contribution < 1.29 is 13.2 Å². The summed E-state index contributed by atoms with van der Waals surface area (Å²) < 4.78 is 26.6. The quantitative estimate of drug-likeness (QED) is 0.521. The van der Waals surface area contributed by atoms with Crippen molar-refractivity contribution in [3.63, 3.8) is 0 Å². The Hall–Kier alpha value is -1.65. The Morgan fingerprint density at radius 2 is 1.67 bits per heavy atom. The van der Waals surface area contributed by atoms with Gasteiger partial charge in [-0.3, -0.25) is 14.0 Å². The number of halogens is 1. The number of sulfonamides is 1. The molecule has 0 radical (unpaired) electrons. The van der Waals surface area contributed by atoms with Crippen LogP contribution < -0.4 is 9.62 Å². The van der Waals surface area contributed by atoms with E-state index >= 15 is 0 Å². The molecule has 8 heteroatoms. The maximum Gasteiger partial charge on any atom is 0.241 e. The molecule has 2 aromatic rings. The van der Waals surface area contributed by atoms with Gasteiger partial charge in [-0.25, -0.2) is 8.42 Å². The minimum absolute atomic E-state index is 0.242. The zero-order chi connectivity index (χ0) is 21.6. The van der Waals surface area contributed by atoms with Crippen LogP contribution in [0.2, 0.25) is 0 Å². The van der Waals surface area contributed by atoms with Crippen molar-refractivity contribution in [1.82, 2.24) is 10.2 Å². The first kappa shape index (κ1) is 23.0. The lowest BCUT2D eigenvalue weighted by Gasteiger charge is -2.27. The fraction of sp³-hybridized carbons (Fsp3) is 0.409. The average molecular weight is 541 g/mol. The second-order valence-corrected chi connectivity index (χ2v) is 10.8. The lowest BCUT2D eigenvalue weighted by molar-refractivity contribution is -0.119. The Balaban J connectivity index is 1.64. The number of hydrogen-bond acceptors (Lipinski definition) is 4. The zero-order valence-corrected chi connectivity index (χ0v) is 20.2. The van der Waals surface area contributed by atoms with E-state index in [0.29, 0.717) is 12.2 Å². The third-order valence-electron chi connectivity index (χ3n) is 5.24. The molecule has 6 nitrogen and oxygen atoms in total. The SMILES string of the molecule is CS(=O)(=O)N(CC(=O)NCc1ccccc1CN1CCCCC1)c1ccc(I)cc1. The number of rotatable bonds is 8. The van der Waals surface area contributed by atoms with Crippen LogP contribution in [0.25, 0.3) is 0 Å². The normalized spacial score (nSPS) is 15.0. The number of hydrogen-bond donors (Lipinski definition) is 1. The van der Waals surface area contributed by atoms with Crippen LogP contribution in [0, 0.1) is 3.57 Å². The molecule has 1 saturated heterocycles. The summed E-state index contributed by atoms with van der Waals surface area (Å²) in [6.45, 7) is 3.24. The molecule has 0 bridgehead atoms. The predicted octanol–water partition coefficient (Wildman–Crippen LogP) is 3.36. The molecule has 2 aromatic carbocycles. The molecule has 0 aromatic heterocycles. The molecule has 0 aliphatic carbocycles. The molecule has 1 amide bonds. The minimum Gasteiger partial charge on any atom is -0.350 e. The van der Waals surface area contributed by atoms with Gasteiger partial charge in [0, 0.05) is 16.7 Å². The van der Waals surface area contributed by atoms with Crippen LogP contribution in [0.4, 0.5) is 5.69 Å². The molecule has 0 unspecified atom stereocenters. The summed E-state index contributed by atoms with van der Waals surface area (Å²) in [5.41, 5.74) is 2.76. The fourth-order valence-electron chi connectivity index (χ4n) is 3.63. The third-order valence-corrected chi connectivity index (χ3v) is 7.10. The summed E-state index contributed by atoms with van der Waals surface area (Å²) >= 11 is 2.16. The van der Waals surface area contributed by atoms with Gasteiger partial charge < -0.3 is 5.32 Å². The predicted molar refractivity (Wildman–Crippen MR) is 129 cm³/mol. The Labute approximate surface area is 192 Å². The van der Waals surface area contributed by atoms with Gasteiger partial charge in [0.15, 0.2) is 0 Å². The van der Waals surface area contributed by atoms with Gasteiger partial charge in [-0.05, 0) is 83.9 Å². The highest BCUT2D eigenvalue weighted by atomic mass is 127. The molecule has 0 atom stereocenters. The van der Waals surface area contributed by atoms with E-state index in [2.05, 4.69) is 38.9 Å². The average Bonchev–Trinajstić information content (AvgIpc) is 2.72. The molecule has 0 saturated carbocycles. The Bertz CT molecular complexity index is 958.